The van der Waals surface area contributed by atoms with Gasteiger partial charge in [-0.05, 0) is 35.7 Å². The van der Waals surface area contributed by atoms with Gasteiger partial charge in [0.05, 0.1) is 27.6 Å². The van der Waals surface area contributed by atoms with Gasteiger partial charge in [-0.2, -0.15) is 0 Å². The molecule has 0 radical (unpaired) electrons. The molecule has 2 aromatic carbocycles. The van der Waals surface area contributed by atoms with Gasteiger partial charge in [0, 0.05) is 12.1 Å². The van der Waals surface area contributed by atoms with Gasteiger partial charge in [-0.25, -0.2) is 8.42 Å². The van der Waals surface area contributed by atoms with Crippen LogP contribution in [0.5, 0.6) is 5.75 Å². The number of nitro benzene ring substituents is 1. The fraction of sp³-hybridized carbons (Fsp3) is 0.250. The number of anilines is 1. The van der Waals surface area contributed by atoms with Crippen LogP contribution in [-0.4, -0.2) is 20.5 Å². The number of sulfonamides is 1. The van der Waals surface area contributed by atoms with E-state index < -0.39 is 14.9 Å². The number of nitro groups is 1. The highest BCUT2D eigenvalue weighted by molar-refractivity contribution is 7.92. The summed E-state index contributed by atoms with van der Waals surface area (Å²) in [6.07, 6.45) is 0. The van der Waals surface area contributed by atoms with Gasteiger partial charge < -0.3 is 4.74 Å². The summed E-state index contributed by atoms with van der Waals surface area (Å²) in [5.41, 5.74) is 0.410. The Morgan fingerprint density at radius 3 is 2.44 bits per heavy atom. The lowest BCUT2D eigenvalue weighted by Crippen LogP contribution is -2.14. The van der Waals surface area contributed by atoms with Gasteiger partial charge in [0.25, 0.3) is 15.7 Å². The first-order valence-electron chi connectivity index (χ1n) is 7.30. The zero-order chi connectivity index (χ0) is 18.8. The molecule has 0 amide bonds. The van der Waals surface area contributed by atoms with E-state index in [1.165, 1.54) is 31.4 Å². The van der Waals surface area contributed by atoms with Gasteiger partial charge in [0.1, 0.15) is 5.75 Å². The molecular weight excluding hydrogens is 368 g/mol. The highest BCUT2D eigenvalue weighted by Gasteiger charge is 2.20. The summed E-state index contributed by atoms with van der Waals surface area (Å²) >= 11 is 5.95. The molecule has 0 aromatic heterocycles. The molecule has 0 unspecified atom stereocenters. The number of halogens is 1. The Balaban J connectivity index is 2.45. The maximum absolute atomic E-state index is 12.6. The van der Waals surface area contributed by atoms with E-state index >= 15 is 0 Å². The molecule has 134 valence electrons. The minimum Gasteiger partial charge on any atom is -0.496 e. The van der Waals surface area contributed by atoms with E-state index in [2.05, 4.69) is 4.72 Å². The van der Waals surface area contributed by atoms with E-state index in [0.717, 1.165) is 11.6 Å². The average Bonchev–Trinajstić information content (AvgIpc) is 2.55. The molecule has 0 aliphatic heterocycles. The highest BCUT2D eigenvalue weighted by Crippen LogP contribution is 2.32. The van der Waals surface area contributed by atoms with Crippen molar-refractivity contribution in [2.75, 3.05) is 11.8 Å². The molecule has 0 atom stereocenters. The number of hydrogen-bond donors (Lipinski definition) is 1. The van der Waals surface area contributed by atoms with E-state index in [-0.39, 0.29) is 27.2 Å². The molecule has 2 rings (SSSR count). The second-order valence-electron chi connectivity index (χ2n) is 5.59. The minimum atomic E-state index is -3.97. The molecule has 0 aliphatic rings. The number of benzene rings is 2. The average molecular weight is 385 g/mol. The predicted octanol–water partition coefficient (Wildman–Crippen LogP) is 4.18. The first-order chi connectivity index (χ1) is 11.7. The molecule has 0 heterocycles. The molecule has 0 aliphatic carbocycles. The summed E-state index contributed by atoms with van der Waals surface area (Å²) in [5.74, 6) is 0.633. The number of rotatable bonds is 6. The number of non-ortho nitro benzene ring substituents is 1. The van der Waals surface area contributed by atoms with Crippen LogP contribution in [0, 0.1) is 10.1 Å². The lowest BCUT2D eigenvalue weighted by molar-refractivity contribution is -0.384. The first-order valence-corrected chi connectivity index (χ1v) is 9.16. The number of ether oxygens (including phenoxy) is 1. The van der Waals surface area contributed by atoms with Crippen molar-refractivity contribution in [2.24, 2.45) is 0 Å². The minimum absolute atomic E-state index is 0.0135. The third-order valence-electron chi connectivity index (χ3n) is 3.54. The monoisotopic (exact) mass is 384 g/mol. The quantitative estimate of drug-likeness (QED) is 0.595. The highest BCUT2D eigenvalue weighted by atomic mass is 35.5. The summed E-state index contributed by atoms with van der Waals surface area (Å²) in [6.45, 7) is 3.83. The molecule has 0 saturated heterocycles. The number of methoxy groups -OCH3 is 1. The molecule has 25 heavy (non-hydrogen) atoms. The predicted molar refractivity (Wildman–Crippen MR) is 96.0 cm³/mol. The summed E-state index contributed by atoms with van der Waals surface area (Å²) < 4.78 is 32.8. The Hall–Kier alpha value is -2.32. The zero-order valence-electron chi connectivity index (χ0n) is 13.8. The van der Waals surface area contributed by atoms with E-state index in [1.807, 2.05) is 13.8 Å². The van der Waals surface area contributed by atoms with Crippen LogP contribution in [0.2, 0.25) is 5.02 Å². The number of nitrogens with zero attached hydrogens (tertiary/aromatic N) is 1. The number of hydrogen-bond acceptors (Lipinski definition) is 5. The fourth-order valence-corrected chi connectivity index (χ4v) is 3.57. The normalized spacial score (nSPS) is 11.4. The van der Waals surface area contributed by atoms with Crippen LogP contribution in [0.3, 0.4) is 0 Å². The van der Waals surface area contributed by atoms with Gasteiger partial charge >= 0.3 is 0 Å². The number of nitrogens with one attached hydrogen (secondary N) is 1. The van der Waals surface area contributed by atoms with Crippen LogP contribution in [0.15, 0.2) is 41.3 Å². The fourth-order valence-electron chi connectivity index (χ4n) is 2.24. The van der Waals surface area contributed by atoms with Crippen LogP contribution in [0.1, 0.15) is 25.3 Å². The maximum Gasteiger partial charge on any atom is 0.271 e. The lowest BCUT2D eigenvalue weighted by atomic mass is 10.0. The van der Waals surface area contributed by atoms with Gasteiger partial charge in [0.15, 0.2) is 0 Å². The van der Waals surface area contributed by atoms with Crippen molar-refractivity contribution in [1.29, 1.82) is 0 Å². The second-order valence-corrected chi connectivity index (χ2v) is 7.67. The maximum atomic E-state index is 12.6. The van der Waals surface area contributed by atoms with Crippen LogP contribution in [0.4, 0.5) is 11.4 Å². The molecule has 0 fully saturated rings. The summed E-state index contributed by atoms with van der Waals surface area (Å²) in [6, 6.07) is 8.02. The standard InChI is InChI=1S/C16H17ClN2O5S/c1-10(2)13-9-12(5-7-16(13)24-3)25(22,23)18-15-8-11(19(20)21)4-6-14(15)17/h4-10,18H,1-3H3. The van der Waals surface area contributed by atoms with E-state index in [1.54, 1.807) is 6.07 Å². The smallest absolute Gasteiger partial charge is 0.271 e. The van der Waals surface area contributed by atoms with E-state index in [9.17, 15) is 18.5 Å². The molecule has 2 aromatic rings. The van der Waals surface area contributed by atoms with Crippen molar-refractivity contribution in [2.45, 2.75) is 24.7 Å². The largest absolute Gasteiger partial charge is 0.496 e. The second kappa shape index (κ2) is 7.28. The Morgan fingerprint density at radius 2 is 1.88 bits per heavy atom. The molecule has 7 nitrogen and oxygen atoms in total. The van der Waals surface area contributed by atoms with E-state index in [0.29, 0.717) is 5.75 Å². The molecule has 0 saturated carbocycles. The van der Waals surface area contributed by atoms with Crippen molar-refractivity contribution in [1.82, 2.24) is 0 Å². The van der Waals surface area contributed by atoms with Gasteiger partial charge in [-0.1, -0.05) is 25.4 Å². The lowest BCUT2D eigenvalue weighted by Gasteiger charge is -2.15. The van der Waals surface area contributed by atoms with Crippen LogP contribution in [-0.2, 0) is 10.0 Å². The zero-order valence-corrected chi connectivity index (χ0v) is 15.4. The Morgan fingerprint density at radius 1 is 1.20 bits per heavy atom. The van der Waals surface area contributed by atoms with Crippen molar-refractivity contribution in [3.8, 4) is 5.75 Å². The van der Waals surface area contributed by atoms with Crippen molar-refractivity contribution >= 4 is 33.0 Å². The van der Waals surface area contributed by atoms with Crippen LogP contribution < -0.4 is 9.46 Å². The Kier molecular flexibility index (Phi) is 5.54. The van der Waals surface area contributed by atoms with Gasteiger partial charge in [-0.15, -0.1) is 0 Å². The van der Waals surface area contributed by atoms with Crippen LogP contribution in [0.25, 0.3) is 0 Å². The third-order valence-corrected chi connectivity index (χ3v) is 5.23. The molecule has 0 bridgehead atoms. The molecular formula is C16H17ClN2O5S. The topological polar surface area (TPSA) is 98.5 Å². The molecule has 0 spiro atoms. The van der Waals surface area contributed by atoms with Crippen molar-refractivity contribution in [3.63, 3.8) is 0 Å². The molecule has 9 heteroatoms. The van der Waals surface area contributed by atoms with Gasteiger partial charge in [-0.3, -0.25) is 14.8 Å². The summed E-state index contributed by atoms with van der Waals surface area (Å²) in [7, 11) is -2.46. The summed E-state index contributed by atoms with van der Waals surface area (Å²) in [4.78, 5) is 10.2. The summed E-state index contributed by atoms with van der Waals surface area (Å²) in [5, 5.41) is 10.9. The van der Waals surface area contributed by atoms with E-state index in [4.69, 9.17) is 16.3 Å². The third kappa shape index (κ3) is 4.21. The SMILES string of the molecule is COc1ccc(S(=O)(=O)Nc2cc([N+](=O)[O-])ccc2Cl)cc1C(C)C. The first kappa shape index (κ1) is 19.0. The molecule has 1 N–H and O–H groups in total. The Labute approximate surface area is 150 Å². The van der Waals surface area contributed by atoms with Gasteiger partial charge in [0.2, 0.25) is 0 Å². The van der Waals surface area contributed by atoms with Crippen molar-refractivity contribution < 1.29 is 18.1 Å². The Bertz CT molecular complexity index is 913. The van der Waals surface area contributed by atoms with Crippen molar-refractivity contribution in [3.05, 3.63) is 57.1 Å². The van der Waals surface area contributed by atoms with Crippen LogP contribution >= 0.6 is 11.6 Å².